The van der Waals surface area contributed by atoms with Crippen molar-refractivity contribution in [2.24, 2.45) is 5.92 Å². The highest BCUT2D eigenvalue weighted by Gasteiger charge is 2.23. The molecule has 37 heavy (non-hydrogen) atoms. The third kappa shape index (κ3) is 8.30. The van der Waals surface area contributed by atoms with Crippen LogP contribution in [0.25, 0.3) is 0 Å². The number of nitrogens with one attached hydrogen (secondary N) is 1. The van der Waals surface area contributed by atoms with E-state index in [0.29, 0.717) is 0 Å². The van der Waals surface area contributed by atoms with Crippen molar-refractivity contribution in [3.63, 3.8) is 0 Å². The van der Waals surface area contributed by atoms with Gasteiger partial charge in [0.05, 0.1) is 0 Å². The van der Waals surface area contributed by atoms with Crippen molar-refractivity contribution in [3.05, 3.63) is 121 Å². The third-order valence-electron chi connectivity index (χ3n) is 6.87. The Kier molecular flexibility index (Phi) is 10.4. The summed E-state index contributed by atoms with van der Waals surface area (Å²) >= 11 is 0. The van der Waals surface area contributed by atoms with E-state index in [1.165, 1.54) is 40.0 Å². The summed E-state index contributed by atoms with van der Waals surface area (Å²) in [6.07, 6.45) is 2.34. The Bertz CT molecular complexity index is 1070. The molecule has 1 aliphatic rings. The van der Waals surface area contributed by atoms with E-state index >= 15 is 0 Å². The Morgan fingerprint density at radius 1 is 0.730 bits per heavy atom. The van der Waals surface area contributed by atoms with Gasteiger partial charge in [-0.25, -0.2) is 0 Å². The predicted molar refractivity (Wildman–Crippen MR) is 163 cm³/mol. The first-order valence-corrected chi connectivity index (χ1v) is 14.6. The number of piperidine rings is 1. The number of aryl methyl sites for hydroxylation is 1. The van der Waals surface area contributed by atoms with Crippen molar-refractivity contribution in [3.8, 4) is 0 Å². The second-order valence-corrected chi connectivity index (χ2v) is 11.9. The van der Waals surface area contributed by atoms with E-state index in [9.17, 15) is 5.02 Å². The monoisotopic (exact) mass is 508 g/mol. The first kappa shape index (κ1) is 27.1. The highest BCUT2D eigenvalue weighted by molar-refractivity contribution is 7.79. The van der Waals surface area contributed by atoms with Gasteiger partial charge in [-0.3, -0.25) is 0 Å². The molecule has 2 N–H and O–H groups in total. The second kappa shape index (κ2) is 14.1. The molecule has 0 unspecified atom stereocenters. The second-order valence-electron chi connectivity index (χ2n) is 9.70. The van der Waals surface area contributed by atoms with Crippen LogP contribution in [0, 0.1) is 12.8 Å². The smallest absolute Gasteiger partial charge is 0.376 e. The van der Waals surface area contributed by atoms with Gasteiger partial charge in [0, 0.05) is 12.2 Å². The molecule has 0 aliphatic carbocycles. The van der Waals surface area contributed by atoms with E-state index in [-0.39, 0.29) is 7.05 Å². The first-order chi connectivity index (χ1) is 18.1. The molecule has 0 bridgehead atoms. The van der Waals surface area contributed by atoms with Crippen molar-refractivity contribution in [1.29, 1.82) is 0 Å². The number of hydrogen-bond acceptors (Lipinski definition) is 3. The zero-order chi connectivity index (χ0) is 25.9. The fraction of sp³-hybridized carbons (Fsp3) is 0.250. The molecule has 0 spiro atoms. The molecule has 3 nitrogen and oxygen atoms in total. The SMILES string of the molecule is CB(O)N1CCC(CNc2ccc(C)cc2)CC1.c1ccc(P(c2ccccc2)c2ccccc2)cc1. The summed E-state index contributed by atoms with van der Waals surface area (Å²) in [6.45, 7) is 7.02. The molecular formula is C32H38BN2OP. The van der Waals surface area contributed by atoms with Crippen LogP contribution in [0.15, 0.2) is 115 Å². The van der Waals surface area contributed by atoms with Gasteiger partial charge in [0.15, 0.2) is 0 Å². The van der Waals surface area contributed by atoms with Crippen molar-refractivity contribution < 1.29 is 5.02 Å². The van der Waals surface area contributed by atoms with E-state index in [1.807, 2.05) is 6.82 Å². The number of anilines is 1. The van der Waals surface area contributed by atoms with Crippen LogP contribution in [0.1, 0.15) is 18.4 Å². The van der Waals surface area contributed by atoms with Crippen molar-refractivity contribution in [1.82, 2.24) is 4.81 Å². The van der Waals surface area contributed by atoms with E-state index in [0.717, 1.165) is 25.6 Å². The average molecular weight is 508 g/mol. The van der Waals surface area contributed by atoms with Gasteiger partial charge in [0.2, 0.25) is 0 Å². The first-order valence-electron chi connectivity index (χ1n) is 13.3. The Labute approximate surface area is 224 Å². The van der Waals surface area contributed by atoms with Gasteiger partial charge in [0.1, 0.15) is 0 Å². The van der Waals surface area contributed by atoms with E-state index < -0.39 is 7.92 Å². The van der Waals surface area contributed by atoms with Gasteiger partial charge in [-0.05, 0) is 81.6 Å². The van der Waals surface area contributed by atoms with Crippen molar-refractivity contribution in [2.45, 2.75) is 26.6 Å². The van der Waals surface area contributed by atoms with Crippen LogP contribution in [-0.4, -0.2) is 36.5 Å². The Balaban J connectivity index is 0.000000173. The van der Waals surface area contributed by atoms with Gasteiger partial charge in [-0.15, -0.1) is 0 Å². The van der Waals surface area contributed by atoms with Crippen LogP contribution in [0.5, 0.6) is 0 Å². The summed E-state index contributed by atoms with van der Waals surface area (Å²) < 4.78 is 0. The molecule has 0 saturated carbocycles. The van der Waals surface area contributed by atoms with Crippen LogP contribution >= 0.6 is 7.92 Å². The highest BCUT2D eigenvalue weighted by Crippen LogP contribution is 2.32. The number of benzene rings is 4. The fourth-order valence-corrected chi connectivity index (χ4v) is 6.95. The van der Waals surface area contributed by atoms with Gasteiger partial charge >= 0.3 is 7.05 Å². The molecule has 0 aromatic heterocycles. The minimum Gasteiger partial charge on any atom is -0.437 e. The van der Waals surface area contributed by atoms with Crippen molar-refractivity contribution in [2.75, 3.05) is 25.0 Å². The summed E-state index contributed by atoms with van der Waals surface area (Å²) in [5.74, 6) is 0.723. The van der Waals surface area contributed by atoms with Gasteiger partial charge in [-0.1, -0.05) is 109 Å². The summed E-state index contributed by atoms with van der Waals surface area (Å²) in [7, 11) is -0.741. The summed E-state index contributed by atoms with van der Waals surface area (Å²) in [6, 6.07) is 40.9. The van der Waals surface area contributed by atoms with Crippen LogP contribution in [0.4, 0.5) is 5.69 Å². The highest BCUT2D eigenvalue weighted by atomic mass is 31.1. The lowest BCUT2D eigenvalue weighted by atomic mass is 9.81. The Morgan fingerprint density at radius 2 is 1.16 bits per heavy atom. The van der Waals surface area contributed by atoms with Gasteiger partial charge in [0.25, 0.3) is 0 Å². The summed E-state index contributed by atoms with van der Waals surface area (Å²) in [4.78, 5) is 2.14. The zero-order valence-corrected chi connectivity index (χ0v) is 22.9. The van der Waals surface area contributed by atoms with Crippen LogP contribution in [0.3, 0.4) is 0 Å². The predicted octanol–water partition coefficient (Wildman–Crippen LogP) is 5.67. The quantitative estimate of drug-likeness (QED) is 0.249. The molecule has 1 aliphatic heterocycles. The lowest BCUT2D eigenvalue weighted by molar-refractivity contribution is 0.258. The minimum atomic E-state index is -0.446. The summed E-state index contributed by atoms with van der Waals surface area (Å²) in [5, 5.41) is 17.2. The maximum Gasteiger partial charge on any atom is 0.376 e. The molecule has 4 aromatic carbocycles. The lowest BCUT2D eigenvalue weighted by Gasteiger charge is -2.32. The molecule has 0 amide bonds. The Morgan fingerprint density at radius 3 is 1.57 bits per heavy atom. The Hall–Kier alpha value is -2.91. The number of nitrogens with zero attached hydrogens (tertiary/aromatic N) is 1. The largest absolute Gasteiger partial charge is 0.437 e. The number of hydrogen-bond donors (Lipinski definition) is 2. The van der Waals surface area contributed by atoms with Gasteiger partial charge < -0.3 is 15.2 Å². The maximum absolute atomic E-state index is 9.51. The normalized spacial score (nSPS) is 14.1. The molecule has 5 rings (SSSR count). The van der Waals surface area contributed by atoms with Crippen LogP contribution in [0.2, 0.25) is 6.82 Å². The lowest BCUT2D eigenvalue weighted by Crippen LogP contribution is -2.43. The molecule has 1 saturated heterocycles. The molecule has 190 valence electrons. The van der Waals surface area contributed by atoms with Crippen LogP contribution < -0.4 is 21.2 Å². The molecular weight excluding hydrogens is 470 g/mol. The fourth-order valence-electron chi connectivity index (χ4n) is 4.64. The van der Waals surface area contributed by atoms with E-state index in [4.69, 9.17) is 0 Å². The standard InChI is InChI=1S/C18H15P.C14H23BN2O/c1-4-10-16(11-5-1)19(17-12-6-2-7-13-17)18-14-8-3-9-15-18;1-12-3-5-14(6-4-12)16-11-13-7-9-17(10-8-13)15(2)18/h1-15H;3-6,13,16,18H,7-11H2,1-2H3. The molecule has 1 fully saturated rings. The average Bonchev–Trinajstić information content (AvgIpc) is 2.95. The van der Waals surface area contributed by atoms with E-state index in [1.54, 1.807) is 0 Å². The van der Waals surface area contributed by atoms with Gasteiger partial charge in [-0.2, -0.15) is 0 Å². The summed E-state index contributed by atoms with van der Waals surface area (Å²) in [5.41, 5.74) is 2.50. The molecule has 5 heteroatoms. The third-order valence-corrected chi connectivity index (χ3v) is 9.31. The molecule has 1 heterocycles. The zero-order valence-electron chi connectivity index (χ0n) is 22.0. The topological polar surface area (TPSA) is 35.5 Å². The molecule has 0 radical (unpaired) electrons. The van der Waals surface area contributed by atoms with Crippen LogP contribution in [-0.2, 0) is 0 Å². The van der Waals surface area contributed by atoms with Crippen molar-refractivity contribution >= 4 is 36.6 Å². The number of rotatable bonds is 7. The van der Waals surface area contributed by atoms with E-state index in [2.05, 4.69) is 132 Å². The maximum atomic E-state index is 9.51. The molecule has 0 atom stereocenters. The molecule has 4 aromatic rings. The minimum absolute atomic E-state index is 0.295.